The number of nitrogens with zero attached hydrogens (tertiary/aromatic N) is 2. The van der Waals surface area contributed by atoms with Crippen LogP contribution in [0.4, 0.5) is 5.69 Å². The highest BCUT2D eigenvalue weighted by Crippen LogP contribution is 2.20. The summed E-state index contributed by atoms with van der Waals surface area (Å²) >= 11 is 0. The molecule has 8 nitrogen and oxygen atoms in total. The van der Waals surface area contributed by atoms with Gasteiger partial charge in [-0.25, -0.2) is 13.1 Å². The van der Waals surface area contributed by atoms with E-state index in [1.807, 2.05) is 13.0 Å². The highest BCUT2D eigenvalue weighted by molar-refractivity contribution is 7.89. The summed E-state index contributed by atoms with van der Waals surface area (Å²) in [7, 11) is -3.75. The van der Waals surface area contributed by atoms with E-state index in [-0.39, 0.29) is 22.7 Å². The Bertz CT molecular complexity index is 1160. The summed E-state index contributed by atoms with van der Waals surface area (Å²) in [4.78, 5) is 16.3. The molecule has 3 aromatic carbocycles. The number of nitro groups is 1. The van der Waals surface area contributed by atoms with Gasteiger partial charge in [-0.15, -0.1) is 0 Å². The average molecular weight is 439 g/mol. The van der Waals surface area contributed by atoms with Crippen molar-refractivity contribution >= 4 is 21.9 Å². The van der Waals surface area contributed by atoms with Crippen molar-refractivity contribution in [3.05, 3.63) is 106 Å². The van der Waals surface area contributed by atoms with Gasteiger partial charge in [0.25, 0.3) is 5.69 Å². The zero-order valence-electron chi connectivity index (χ0n) is 16.7. The minimum absolute atomic E-state index is 0.0750. The van der Waals surface area contributed by atoms with E-state index in [2.05, 4.69) is 9.88 Å². The van der Waals surface area contributed by atoms with Crippen molar-refractivity contribution < 1.29 is 18.2 Å². The summed E-state index contributed by atoms with van der Waals surface area (Å²) in [6, 6.07) is 21.6. The molecule has 1 unspecified atom stereocenters. The number of benzene rings is 3. The van der Waals surface area contributed by atoms with Gasteiger partial charge in [0.15, 0.2) is 6.10 Å². The van der Waals surface area contributed by atoms with Crippen LogP contribution >= 0.6 is 0 Å². The standard InChI is InChI=1S/C22H21N3O5S/c1-17-11-13-20(14-12-17)31(28,29)24-16-22(18-7-3-2-4-8-18)30-23-15-19-9-5-6-10-21(19)25(26)27/h2-15,22,24H,16H2,1H3/b23-15+. The maximum Gasteiger partial charge on any atom is 0.278 e. The third kappa shape index (κ3) is 5.97. The zero-order valence-corrected chi connectivity index (χ0v) is 17.5. The molecule has 160 valence electrons. The lowest BCUT2D eigenvalue weighted by Crippen LogP contribution is -2.29. The number of nitrogens with one attached hydrogen (secondary N) is 1. The quantitative estimate of drug-likeness (QED) is 0.308. The SMILES string of the molecule is Cc1ccc(S(=O)(=O)NCC(O/N=C/c2ccccc2[N+](=O)[O-])c2ccccc2)cc1. The zero-order chi connectivity index (χ0) is 22.3. The van der Waals surface area contributed by atoms with Gasteiger partial charge in [-0.2, -0.15) is 0 Å². The van der Waals surface area contributed by atoms with E-state index in [1.54, 1.807) is 54.6 Å². The van der Waals surface area contributed by atoms with Crippen molar-refractivity contribution in [1.82, 2.24) is 4.72 Å². The number of hydrogen-bond donors (Lipinski definition) is 1. The highest BCUT2D eigenvalue weighted by Gasteiger charge is 2.19. The number of rotatable bonds is 9. The van der Waals surface area contributed by atoms with Gasteiger partial charge < -0.3 is 4.84 Å². The largest absolute Gasteiger partial charge is 0.386 e. The molecular formula is C22H21N3O5S. The fourth-order valence-corrected chi connectivity index (χ4v) is 3.83. The van der Waals surface area contributed by atoms with E-state index >= 15 is 0 Å². The maximum atomic E-state index is 12.6. The minimum Gasteiger partial charge on any atom is -0.386 e. The first-order valence-corrected chi connectivity index (χ1v) is 10.9. The molecule has 31 heavy (non-hydrogen) atoms. The van der Waals surface area contributed by atoms with Gasteiger partial charge in [0.2, 0.25) is 10.0 Å². The molecule has 0 amide bonds. The second-order valence-electron chi connectivity index (χ2n) is 6.72. The Hall–Kier alpha value is -3.56. The molecule has 3 rings (SSSR count). The summed E-state index contributed by atoms with van der Waals surface area (Å²) in [6.07, 6.45) is 0.503. The van der Waals surface area contributed by atoms with Gasteiger partial charge in [-0.05, 0) is 30.7 Å². The van der Waals surface area contributed by atoms with Gasteiger partial charge in [-0.3, -0.25) is 10.1 Å². The number of hydrogen-bond acceptors (Lipinski definition) is 6. The Labute approximate surface area is 180 Å². The number of para-hydroxylation sites is 1. The van der Waals surface area contributed by atoms with Crippen molar-refractivity contribution in [2.45, 2.75) is 17.9 Å². The fourth-order valence-electron chi connectivity index (χ4n) is 2.79. The topological polar surface area (TPSA) is 111 Å². The van der Waals surface area contributed by atoms with E-state index in [4.69, 9.17) is 4.84 Å². The Morgan fingerprint density at radius 2 is 1.68 bits per heavy atom. The molecule has 1 atom stereocenters. The van der Waals surface area contributed by atoms with Crippen molar-refractivity contribution in [3.63, 3.8) is 0 Å². The van der Waals surface area contributed by atoms with Crippen LogP contribution < -0.4 is 4.72 Å². The maximum absolute atomic E-state index is 12.6. The molecule has 0 saturated carbocycles. The Kier molecular flexibility index (Phi) is 7.11. The normalized spacial score (nSPS) is 12.5. The van der Waals surface area contributed by atoms with Crippen LogP contribution in [0.2, 0.25) is 0 Å². The van der Waals surface area contributed by atoms with Crippen molar-refractivity contribution in [1.29, 1.82) is 0 Å². The molecule has 0 heterocycles. The van der Waals surface area contributed by atoms with E-state index in [9.17, 15) is 18.5 Å². The van der Waals surface area contributed by atoms with Gasteiger partial charge in [0, 0.05) is 6.07 Å². The molecular weight excluding hydrogens is 418 g/mol. The molecule has 0 saturated heterocycles. The Morgan fingerprint density at radius 1 is 1.03 bits per heavy atom. The van der Waals surface area contributed by atoms with Crippen LogP contribution in [-0.2, 0) is 14.9 Å². The van der Waals surface area contributed by atoms with Crippen LogP contribution in [0, 0.1) is 17.0 Å². The first-order chi connectivity index (χ1) is 14.9. The second kappa shape index (κ2) is 9.96. The minimum atomic E-state index is -3.75. The Morgan fingerprint density at radius 3 is 2.35 bits per heavy atom. The first kappa shape index (κ1) is 22.1. The van der Waals surface area contributed by atoms with Crippen molar-refractivity contribution in [3.8, 4) is 0 Å². The Balaban J connectivity index is 1.77. The van der Waals surface area contributed by atoms with E-state index in [1.165, 1.54) is 24.4 Å². The molecule has 0 aromatic heterocycles. The molecule has 0 bridgehead atoms. The predicted molar refractivity (Wildman–Crippen MR) is 117 cm³/mol. The lowest BCUT2D eigenvalue weighted by Gasteiger charge is -2.16. The number of nitro benzene ring substituents is 1. The molecule has 1 N–H and O–H groups in total. The lowest BCUT2D eigenvalue weighted by atomic mass is 10.1. The average Bonchev–Trinajstić information content (AvgIpc) is 2.77. The van der Waals surface area contributed by atoms with Crippen molar-refractivity contribution in [2.75, 3.05) is 6.54 Å². The van der Waals surface area contributed by atoms with Crippen LogP contribution in [0.1, 0.15) is 22.8 Å². The monoisotopic (exact) mass is 439 g/mol. The summed E-state index contributed by atoms with van der Waals surface area (Å²) in [6.45, 7) is 1.80. The molecule has 0 aliphatic heterocycles. The van der Waals surface area contributed by atoms with Crippen LogP contribution in [0.3, 0.4) is 0 Å². The molecule has 0 radical (unpaired) electrons. The smallest absolute Gasteiger partial charge is 0.278 e. The molecule has 0 spiro atoms. The molecule has 0 aliphatic rings. The summed E-state index contributed by atoms with van der Waals surface area (Å²) in [5, 5.41) is 15.0. The molecule has 9 heteroatoms. The third-order valence-corrected chi connectivity index (χ3v) is 5.91. The van der Waals surface area contributed by atoms with E-state index in [0.29, 0.717) is 5.56 Å². The molecule has 3 aromatic rings. The fraction of sp³-hybridized carbons (Fsp3) is 0.136. The number of aryl methyl sites for hydroxylation is 1. The first-order valence-electron chi connectivity index (χ1n) is 9.41. The molecule has 0 aliphatic carbocycles. The summed E-state index contributed by atoms with van der Waals surface area (Å²) < 4.78 is 27.8. The highest BCUT2D eigenvalue weighted by atomic mass is 32.2. The number of sulfonamides is 1. The van der Waals surface area contributed by atoms with Gasteiger partial charge in [-0.1, -0.05) is 65.3 Å². The summed E-state index contributed by atoms with van der Waals surface area (Å²) in [5.41, 5.74) is 1.83. The van der Waals surface area contributed by atoms with Gasteiger partial charge in [0.1, 0.15) is 0 Å². The summed E-state index contributed by atoms with van der Waals surface area (Å²) in [5.74, 6) is 0. The van der Waals surface area contributed by atoms with Crippen molar-refractivity contribution in [2.24, 2.45) is 5.16 Å². The lowest BCUT2D eigenvalue weighted by molar-refractivity contribution is -0.385. The van der Waals surface area contributed by atoms with Crippen LogP contribution in [0.15, 0.2) is 88.9 Å². The third-order valence-electron chi connectivity index (χ3n) is 4.47. The molecule has 0 fully saturated rings. The van der Waals surface area contributed by atoms with E-state index in [0.717, 1.165) is 5.56 Å². The van der Waals surface area contributed by atoms with Gasteiger partial charge >= 0.3 is 0 Å². The number of oxime groups is 1. The predicted octanol–water partition coefficient (Wildman–Crippen LogP) is 3.97. The second-order valence-corrected chi connectivity index (χ2v) is 8.49. The van der Waals surface area contributed by atoms with Crippen LogP contribution in [-0.4, -0.2) is 26.1 Å². The van der Waals surface area contributed by atoms with Gasteiger partial charge in [0.05, 0.1) is 28.1 Å². The van der Waals surface area contributed by atoms with Crippen LogP contribution in [0.5, 0.6) is 0 Å². The van der Waals surface area contributed by atoms with Crippen LogP contribution in [0.25, 0.3) is 0 Å². The van der Waals surface area contributed by atoms with E-state index < -0.39 is 21.1 Å².